The van der Waals surface area contributed by atoms with Crippen molar-refractivity contribution in [2.24, 2.45) is 11.5 Å². The van der Waals surface area contributed by atoms with Crippen LogP contribution in [0.5, 0.6) is 0 Å². The van der Waals surface area contributed by atoms with Gasteiger partial charge in [0.1, 0.15) is 6.79 Å². The molecule has 0 heterocycles. The molecule has 5 heteroatoms. The molecule has 7 heavy (non-hydrogen) atoms. The van der Waals surface area contributed by atoms with Gasteiger partial charge in [0.2, 0.25) is 0 Å². The minimum Gasteiger partial charge on any atom is -0.352 e. The van der Waals surface area contributed by atoms with Crippen molar-refractivity contribution in [2.45, 2.75) is 0 Å². The molecule has 0 unspecified atom stereocenters. The summed E-state index contributed by atoms with van der Waals surface area (Å²) < 4.78 is 0. The monoisotopic (exact) mass is 107 g/mol. The first-order valence-electron chi connectivity index (χ1n) is 1.07. The highest BCUT2D eigenvalue weighted by atomic mass is 16.2. The lowest BCUT2D eigenvalue weighted by atomic mass is 11.2. The fraction of sp³-hybridized carbons (Fsp3) is 0. The molecule has 7 N–H and O–H groups in total. The van der Waals surface area contributed by atoms with Gasteiger partial charge in [-0.15, -0.1) is 0 Å². The summed E-state index contributed by atoms with van der Waals surface area (Å²) in [6.07, 6.45) is 0. The molecule has 0 aliphatic carbocycles. The number of hydrogen-bond acceptors (Lipinski definition) is 3. The number of rotatable bonds is 0. The van der Waals surface area contributed by atoms with Gasteiger partial charge in [-0.1, -0.05) is 0 Å². The Morgan fingerprint density at radius 2 is 1.29 bits per heavy atom. The summed E-state index contributed by atoms with van der Waals surface area (Å²) in [4.78, 5) is 17.0. The third-order valence-electron chi connectivity index (χ3n) is 0. The van der Waals surface area contributed by atoms with Crippen molar-refractivity contribution >= 4 is 12.8 Å². The van der Waals surface area contributed by atoms with Gasteiger partial charge >= 0.3 is 6.03 Å². The van der Waals surface area contributed by atoms with Crippen LogP contribution >= 0.6 is 0 Å². The molecule has 0 saturated heterocycles. The quantitative estimate of drug-likeness (QED) is 0.368. The Kier molecular flexibility index (Phi) is 49.7. The van der Waals surface area contributed by atoms with Gasteiger partial charge in [0, 0.05) is 0 Å². The molecule has 5 nitrogen and oxygen atoms in total. The van der Waals surface area contributed by atoms with Crippen LogP contribution in [0.1, 0.15) is 0 Å². The number of nitrogens with two attached hydrogens (primary N) is 2. The van der Waals surface area contributed by atoms with Crippen LogP contribution in [0.4, 0.5) is 4.79 Å². The van der Waals surface area contributed by atoms with Crippen LogP contribution in [0.25, 0.3) is 0 Å². The highest BCUT2D eigenvalue weighted by molar-refractivity contribution is 5.69. The van der Waals surface area contributed by atoms with E-state index in [2.05, 4.69) is 11.5 Å². The van der Waals surface area contributed by atoms with Gasteiger partial charge in [-0.3, -0.25) is 0 Å². The number of carbonyl (C=O) groups is 2. The summed E-state index contributed by atoms with van der Waals surface area (Å²) in [5, 5.41) is 0. The van der Waals surface area contributed by atoms with Gasteiger partial charge in [-0.2, -0.15) is 0 Å². The van der Waals surface area contributed by atoms with E-state index in [-0.39, 0.29) is 6.15 Å². The Morgan fingerprint density at radius 3 is 1.29 bits per heavy atom. The van der Waals surface area contributed by atoms with Crippen molar-refractivity contribution in [1.82, 2.24) is 6.15 Å². The van der Waals surface area contributed by atoms with E-state index in [1.54, 1.807) is 0 Å². The Bertz CT molecular complexity index is 42.2. The summed E-state index contributed by atoms with van der Waals surface area (Å²) >= 11 is 0. The summed E-state index contributed by atoms with van der Waals surface area (Å²) in [7, 11) is 0. The van der Waals surface area contributed by atoms with Crippen LogP contribution in [0.15, 0.2) is 0 Å². The topological polar surface area (TPSA) is 121 Å². The number of urea groups is 1. The zero-order valence-electron chi connectivity index (χ0n) is 3.89. The third-order valence-corrected chi connectivity index (χ3v) is 0. The van der Waals surface area contributed by atoms with Gasteiger partial charge in [0.25, 0.3) is 0 Å². The summed E-state index contributed by atoms with van der Waals surface area (Å²) in [6, 6.07) is -0.833. The second kappa shape index (κ2) is 20.6. The van der Waals surface area contributed by atoms with Crippen molar-refractivity contribution in [3.63, 3.8) is 0 Å². The van der Waals surface area contributed by atoms with Crippen LogP contribution in [-0.2, 0) is 4.79 Å². The lowest BCUT2D eigenvalue weighted by molar-refractivity contribution is -0.0979. The Morgan fingerprint density at radius 1 is 1.29 bits per heavy atom. The largest absolute Gasteiger partial charge is 0.352 e. The maximum atomic E-state index is 9.00. The van der Waals surface area contributed by atoms with E-state index in [1.165, 1.54) is 0 Å². The molecule has 0 atom stereocenters. The smallest absolute Gasteiger partial charge is 0.309 e. The maximum absolute atomic E-state index is 9.00. The van der Waals surface area contributed by atoms with Gasteiger partial charge < -0.3 is 22.4 Å². The molecule has 0 fully saturated rings. The Hall–Kier alpha value is -1.10. The first-order chi connectivity index (χ1) is 2.73. The van der Waals surface area contributed by atoms with Gasteiger partial charge in [0.15, 0.2) is 0 Å². The molecule has 0 rings (SSSR count). The third kappa shape index (κ3) is 34.1. The van der Waals surface area contributed by atoms with Crippen LogP contribution in [0.3, 0.4) is 0 Å². The average molecular weight is 107 g/mol. The van der Waals surface area contributed by atoms with E-state index >= 15 is 0 Å². The molecule has 0 saturated carbocycles. The van der Waals surface area contributed by atoms with Crippen molar-refractivity contribution < 1.29 is 9.59 Å². The van der Waals surface area contributed by atoms with Crippen molar-refractivity contribution in [1.29, 1.82) is 0 Å². The van der Waals surface area contributed by atoms with Gasteiger partial charge in [-0.25, -0.2) is 4.79 Å². The number of amides is 2. The standard InChI is InChI=1S/CH4N2O.CH2O.H3N/c2-1(3)4;1-2;/h(H4,2,3,4);1H2;1H3. The van der Waals surface area contributed by atoms with Crippen LogP contribution in [-0.4, -0.2) is 12.8 Å². The molecule has 44 valence electrons. The number of carbonyl (C=O) groups excluding carboxylic acids is 2. The van der Waals surface area contributed by atoms with E-state index in [0.29, 0.717) is 0 Å². The van der Waals surface area contributed by atoms with Crippen molar-refractivity contribution in [2.75, 3.05) is 0 Å². The highest BCUT2D eigenvalue weighted by Gasteiger charge is 1.60. The van der Waals surface area contributed by atoms with E-state index in [0.717, 1.165) is 0 Å². The van der Waals surface area contributed by atoms with Crippen LogP contribution in [0.2, 0.25) is 0 Å². The molecule has 0 radical (unpaired) electrons. The molecular formula is C2H9N3O2. The number of hydrogen-bond donors (Lipinski definition) is 3. The first kappa shape index (κ1) is 16.8. The minimum atomic E-state index is -0.833. The zero-order chi connectivity index (χ0) is 5.58. The number of primary amides is 2. The molecule has 0 bridgehead atoms. The fourth-order valence-electron chi connectivity index (χ4n) is 0. The molecule has 0 aliphatic rings. The summed E-state index contributed by atoms with van der Waals surface area (Å²) in [5.41, 5.74) is 8.50. The Labute approximate surface area is 41.2 Å². The second-order valence-corrected chi connectivity index (χ2v) is 0.402. The summed E-state index contributed by atoms with van der Waals surface area (Å²) in [6.45, 7) is 2.00. The molecular weight excluding hydrogens is 98.0 g/mol. The van der Waals surface area contributed by atoms with Crippen molar-refractivity contribution in [3.8, 4) is 0 Å². The SMILES string of the molecule is C=O.N.NC(N)=O. The fourth-order valence-corrected chi connectivity index (χ4v) is 0. The lowest BCUT2D eigenvalue weighted by Gasteiger charge is -1.62. The predicted molar refractivity (Wildman–Crippen MR) is 25.9 cm³/mol. The molecule has 0 aromatic carbocycles. The first-order valence-corrected chi connectivity index (χ1v) is 1.07. The van der Waals surface area contributed by atoms with Gasteiger partial charge in [-0.05, 0) is 0 Å². The van der Waals surface area contributed by atoms with Gasteiger partial charge in [0.05, 0.1) is 0 Å². The van der Waals surface area contributed by atoms with E-state index in [4.69, 9.17) is 9.59 Å². The van der Waals surface area contributed by atoms with E-state index in [9.17, 15) is 0 Å². The molecule has 0 aliphatic heterocycles. The van der Waals surface area contributed by atoms with Crippen LogP contribution < -0.4 is 17.6 Å². The summed E-state index contributed by atoms with van der Waals surface area (Å²) in [5.74, 6) is 0. The molecule has 0 aromatic heterocycles. The normalized spacial score (nSPS) is 4.00. The van der Waals surface area contributed by atoms with E-state index in [1.807, 2.05) is 6.79 Å². The van der Waals surface area contributed by atoms with E-state index < -0.39 is 6.03 Å². The Balaban J connectivity index is -0.0000000480. The minimum absolute atomic E-state index is 0. The second-order valence-electron chi connectivity index (χ2n) is 0.402. The average Bonchev–Trinajstić information content (AvgIpc) is 1.41. The highest BCUT2D eigenvalue weighted by Crippen LogP contribution is 1.25. The van der Waals surface area contributed by atoms with Crippen LogP contribution in [0, 0.1) is 0 Å². The molecule has 0 aromatic rings. The lowest BCUT2D eigenvalue weighted by Crippen LogP contribution is -2.18. The van der Waals surface area contributed by atoms with Crippen molar-refractivity contribution in [3.05, 3.63) is 0 Å². The predicted octanol–water partition coefficient (Wildman–Crippen LogP) is -0.999. The molecule has 0 spiro atoms. The maximum Gasteiger partial charge on any atom is 0.309 e. The zero-order valence-corrected chi connectivity index (χ0v) is 3.89. The molecule has 2 amide bonds.